The highest BCUT2D eigenvalue weighted by Crippen LogP contribution is 2.16. The minimum absolute atomic E-state index is 0.326. The lowest BCUT2D eigenvalue weighted by Gasteiger charge is -1.98. The summed E-state index contributed by atoms with van der Waals surface area (Å²) in [7, 11) is 0. The van der Waals surface area contributed by atoms with Gasteiger partial charge in [-0.1, -0.05) is 31.0 Å². The van der Waals surface area contributed by atoms with Crippen molar-refractivity contribution in [2.24, 2.45) is 0 Å². The van der Waals surface area contributed by atoms with Crippen molar-refractivity contribution in [3.63, 3.8) is 0 Å². The number of unbranched alkanes of at least 4 members (excludes halogenated alkanes) is 3. The van der Waals surface area contributed by atoms with Crippen molar-refractivity contribution in [2.75, 3.05) is 6.61 Å². The highest BCUT2D eigenvalue weighted by atomic mass is 16.2. The molecule has 2 N–H and O–H groups in total. The number of aromatic amines is 1. The van der Waals surface area contributed by atoms with Crippen LogP contribution in [0.15, 0.2) is 30.3 Å². The molecule has 1 aromatic carbocycles. The average molecular weight is 217 g/mol. The molecule has 0 aliphatic carbocycles. The van der Waals surface area contributed by atoms with Crippen molar-refractivity contribution in [1.29, 1.82) is 0 Å². The van der Waals surface area contributed by atoms with Crippen LogP contribution in [0.25, 0.3) is 10.9 Å². The molecule has 0 unspecified atom stereocenters. The molecule has 0 bridgehead atoms. The van der Waals surface area contributed by atoms with Crippen molar-refractivity contribution in [3.8, 4) is 0 Å². The van der Waals surface area contributed by atoms with Crippen LogP contribution in [0.2, 0.25) is 0 Å². The Hall–Kier alpha value is -1.28. The van der Waals surface area contributed by atoms with Gasteiger partial charge in [-0.2, -0.15) is 0 Å². The Balaban J connectivity index is 1.85. The van der Waals surface area contributed by atoms with Gasteiger partial charge in [0.1, 0.15) is 0 Å². The van der Waals surface area contributed by atoms with Gasteiger partial charge in [-0.25, -0.2) is 0 Å². The van der Waals surface area contributed by atoms with E-state index in [1.807, 2.05) is 0 Å². The van der Waals surface area contributed by atoms with E-state index in [1.165, 1.54) is 29.4 Å². The Kier molecular flexibility index (Phi) is 4.00. The van der Waals surface area contributed by atoms with Crippen molar-refractivity contribution in [1.82, 2.24) is 4.98 Å². The number of hydrogen-bond donors (Lipinski definition) is 2. The first kappa shape index (κ1) is 11.2. The number of H-pyrrole nitrogens is 1. The second-order valence-electron chi connectivity index (χ2n) is 4.27. The number of aryl methyl sites for hydroxylation is 1. The minimum Gasteiger partial charge on any atom is -0.396 e. The Bertz CT molecular complexity index is 400. The van der Waals surface area contributed by atoms with Gasteiger partial charge in [0.25, 0.3) is 0 Å². The molecule has 0 aliphatic heterocycles. The van der Waals surface area contributed by atoms with E-state index in [2.05, 4.69) is 35.3 Å². The predicted molar refractivity (Wildman–Crippen MR) is 67.6 cm³/mol. The smallest absolute Gasteiger partial charge is 0.0456 e. The molecule has 0 saturated carbocycles. The van der Waals surface area contributed by atoms with E-state index in [4.69, 9.17) is 5.11 Å². The summed E-state index contributed by atoms with van der Waals surface area (Å²) in [5, 5.41) is 9.97. The fourth-order valence-electron chi connectivity index (χ4n) is 2.05. The molecule has 1 heterocycles. The maximum Gasteiger partial charge on any atom is 0.0456 e. The first-order chi connectivity index (χ1) is 7.90. The minimum atomic E-state index is 0.326. The number of aliphatic hydroxyl groups excluding tert-OH is 1. The third kappa shape index (κ3) is 2.86. The van der Waals surface area contributed by atoms with E-state index in [1.54, 1.807) is 0 Å². The monoisotopic (exact) mass is 217 g/mol. The zero-order valence-electron chi connectivity index (χ0n) is 9.58. The van der Waals surface area contributed by atoms with Gasteiger partial charge in [0.05, 0.1) is 0 Å². The second-order valence-corrected chi connectivity index (χ2v) is 4.27. The Morgan fingerprint density at radius 3 is 2.62 bits per heavy atom. The molecule has 0 radical (unpaired) electrons. The number of para-hydroxylation sites is 1. The molecule has 0 spiro atoms. The van der Waals surface area contributed by atoms with E-state index < -0.39 is 0 Å². The van der Waals surface area contributed by atoms with Crippen molar-refractivity contribution < 1.29 is 5.11 Å². The molecule has 0 fully saturated rings. The summed E-state index contributed by atoms with van der Waals surface area (Å²) in [6.07, 6.45) is 5.59. The molecule has 0 atom stereocenters. The van der Waals surface area contributed by atoms with Crippen LogP contribution in [-0.4, -0.2) is 16.7 Å². The number of rotatable bonds is 6. The molecule has 1 aromatic heterocycles. The fourth-order valence-corrected chi connectivity index (χ4v) is 2.05. The molecule has 16 heavy (non-hydrogen) atoms. The number of aromatic nitrogens is 1. The second kappa shape index (κ2) is 5.71. The SMILES string of the molecule is OCCCCCCc1cc2ccccc2[nH]1. The molecule has 2 aromatic rings. The number of hydrogen-bond acceptors (Lipinski definition) is 1. The van der Waals surface area contributed by atoms with E-state index >= 15 is 0 Å². The summed E-state index contributed by atoms with van der Waals surface area (Å²) in [6, 6.07) is 10.6. The summed E-state index contributed by atoms with van der Waals surface area (Å²) < 4.78 is 0. The van der Waals surface area contributed by atoms with E-state index in [0.717, 1.165) is 19.3 Å². The van der Waals surface area contributed by atoms with Crippen molar-refractivity contribution >= 4 is 10.9 Å². The topological polar surface area (TPSA) is 36.0 Å². The van der Waals surface area contributed by atoms with Crippen LogP contribution in [0.4, 0.5) is 0 Å². The highest BCUT2D eigenvalue weighted by Gasteiger charge is 1.99. The van der Waals surface area contributed by atoms with Gasteiger partial charge in [-0.3, -0.25) is 0 Å². The lowest BCUT2D eigenvalue weighted by atomic mass is 10.1. The molecule has 2 heteroatoms. The van der Waals surface area contributed by atoms with Crippen LogP contribution in [0.1, 0.15) is 31.4 Å². The van der Waals surface area contributed by atoms with Crippen LogP contribution in [0.3, 0.4) is 0 Å². The quantitative estimate of drug-likeness (QED) is 0.716. The number of aliphatic hydroxyl groups is 1. The number of benzene rings is 1. The maximum atomic E-state index is 8.67. The van der Waals surface area contributed by atoms with Crippen molar-refractivity contribution in [2.45, 2.75) is 32.1 Å². The molecule has 2 nitrogen and oxygen atoms in total. The number of nitrogens with one attached hydrogen (secondary N) is 1. The lowest BCUT2D eigenvalue weighted by Crippen LogP contribution is -1.87. The molecular formula is C14H19NO. The van der Waals surface area contributed by atoms with E-state index in [-0.39, 0.29) is 0 Å². The molecule has 0 aliphatic rings. The fraction of sp³-hybridized carbons (Fsp3) is 0.429. The molecule has 0 saturated heterocycles. The van der Waals surface area contributed by atoms with Crippen LogP contribution in [0, 0.1) is 0 Å². The predicted octanol–water partition coefficient (Wildman–Crippen LogP) is 3.26. The van der Waals surface area contributed by atoms with Gasteiger partial charge in [-0.05, 0) is 36.8 Å². The largest absolute Gasteiger partial charge is 0.396 e. The van der Waals surface area contributed by atoms with Crippen molar-refractivity contribution in [3.05, 3.63) is 36.0 Å². The first-order valence-electron chi connectivity index (χ1n) is 6.07. The number of fused-ring (bicyclic) bond motifs is 1. The Labute approximate surface area is 96.3 Å². The summed E-state index contributed by atoms with van der Waals surface area (Å²) in [6.45, 7) is 0.326. The van der Waals surface area contributed by atoms with Crippen LogP contribution in [-0.2, 0) is 6.42 Å². The van der Waals surface area contributed by atoms with Gasteiger partial charge in [0.2, 0.25) is 0 Å². The Morgan fingerprint density at radius 2 is 1.81 bits per heavy atom. The maximum absolute atomic E-state index is 8.67. The summed E-state index contributed by atoms with van der Waals surface area (Å²) >= 11 is 0. The molecule has 0 amide bonds. The molecule has 2 rings (SSSR count). The van der Waals surface area contributed by atoms with Gasteiger partial charge in [-0.15, -0.1) is 0 Å². The lowest BCUT2D eigenvalue weighted by molar-refractivity contribution is 0.282. The van der Waals surface area contributed by atoms with E-state index in [9.17, 15) is 0 Å². The third-order valence-corrected chi connectivity index (χ3v) is 2.94. The Morgan fingerprint density at radius 1 is 1.00 bits per heavy atom. The zero-order chi connectivity index (χ0) is 11.2. The van der Waals surface area contributed by atoms with Gasteiger partial charge in [0.15, 0.2) is 0 Å². The normalized spacial score (nSPS) is 11.1. The summed E-state index contributed by atoms with van der Waals surface area (Å²) in [5.41, 5.74) is 2.55. The van der Waals surface area contributed by atoms with Gasteiger partial charge >= 0.3 is 0 Å². The average Bonchev–Trinajstić information content (AvgIpc) is 2.71. The van der Waals surface area contributed by atoms with Crippen LogP contribution in [0.5, 0.6) is 0 Å². The summed E-state index contributed by atoms with van der Waals surface area (Å²) in [4.78, 5) is 3.44. The molecular weight excluding hydrogens is 198 g/mol. The standard InChI is InChI=1S/C14H19NO/c16-10-6-2-1-3-8-13-11-12-7-4-5-9-14(12)15-13/h4-5,7,9,11,15-16H,1-3,6,8,10H2. The van der Waals surface area contributed by atoms with Gasteiger partial charge < -0.3 is 10.1 Å². The third-order valence-electron chi connectivity index (χ3n) is 2.94. The van der Waals surface area contributed by atoms with Crippen LogP contribution >= 0.6 is 0 Å². The summed E-state index contributed by atoms with van der Waals surface area (Å²) in [5.74, 6) is 0. The highest BCUT2D eigenvalue weighted by molar-refractivity contribution is 5.80. The van der Waals surface area contributed by atoms with Gasteiger partial charge in [0, 0.05) is 17.8 Å². The molecule has 86 valence electrons. The zero-order valence-corrected chi connectivity index (χ0v) is 9.58. The van der Waals surface area contributed by atoms with Crippen LogP contribution < -0.4 is 0 Å². The van der Waals surface area contributed by atoms with E-state index in [0.29, 0.717) is 6.61 Å². The first-order valence-corrected chi connectivity index (χ1v) is 6.07.